The van der Waals surface area contributed by atoms with Gasteiger partial charge in [-0.15, -0.1) is 0 Å². The largest absolute Gasteiger partial charge is 0.507 e. The number of nitrogens with zero attached hydrogens (tertiary/aromatic N) is 1. The molecule has 10 heteroatoms. The molecular formula is C21H23N3O7. The van der Waals surface area contributed by atoms with Crippen molar-refractivity contribution < 1.29 is 34.8 Å². The molecule has 0 aromatic heterocycles. The van der Waals surface area contributed by atoms with Crippen LogP contribution >= 0.6 is 0 Å². The maximum absolute atomic E-state index is 13.4. The van der Waals surface area contributed by atoms with Crippen molar-refractivity contribution >= 4 is 33.9 Å². The van der Waals surface area contributed by atoms with E-state index in [0.717, 1.165) is 0 Å². The van der Waals surface area contributed by atoms with Crippen LogP contribution in [-0.4, -0.2) is 69.7 Å². The second-order valence-electron chi connectivity index (χ2n) is 8.40. The van der Waals surface area contributed by atoms with E-state index in [0.29, 0.717) is 16.6 Å². The predicted molar refractivity (Wildman–Crippen MR) is 110 cm³/mol. The fraction of sp³-hybridized carbons (Fsp3) is 0.381. The number of benzene rings is 2. The Hall–Kier alpha value is -3.21. The normalized spacial score (nSPS) is 30.1. The van der Waals surface area contributed by atoms with Crippen molar-refractivity contribution in [2.24, 2.45) is 23.3 Å². The Morgan fingerprint density at radius 2 is 1.87 bits per heavy atom. The van der Waals surface area contributed by atoms with Crippen LogP contribution < -0.4 is 16.4 Å². The molecule has 0 spiro atoms. The molecule has 8 N–H and O–H groups in total. The molecule has 164 valence electrons. The maximum Gasteiger partial charge on any atom is 0.230 e. The van der Waals surface area contributed by atoms with E-state index in [1.54, 1.807) is 31.1 Å². The summed E-state index contributed by atoms with van der Waals surface area (Å²) in [6.45, 7) is 0. The minimum absolute atomic E-state index is 0.00234. The van der Waals surface area contributed by atoms with Crippen LogP contribution in [0.5, 0.6) is 11.5 Å². The Morgan fingerprint density at radius 3 is 2.45 bits per heavy atom. The van der Waals surface area contributed by atoms with E-state index in [2.05, 4.69) is 0 Å². The standard InChI is InChI=1S/C21H23N3O7/c1-24(2)10-3-4-11(25)13-8(10)5-7-6-9-15(22)17(27)14(20(23)30)19(29)21(9,31)18(28)12(7)16(13)26/h3-5,9,14-15,19,25-26,29,31H,6,22H2,1-2H3,(H2,23,30)/t9?,14?,15?,19?,21-/m0/s1. The van der Waals surface area contributed by atoms with Crippen molar-refractivity contribution in [3.8, 4) is 11.5 Å². The smallest absolute Gasteiger partial charge is 0.230 e. The van der Waals surface area contributed by atoms with Gasteiger partial charge in [0, 0.05) is 31.1 Å². The maximum atomic E-state index is 13.4. The number of phenolic OH excluding ortho intramolecular Hbond substituents is 2. The Morgan fingerprint density at radius 1 is 1.23 bits per heavy atom. The number of amides is 1. The number of fused-ring (bicyclic) bond motifs is 3. The van der Waals surface area contributed by atoms with Crippen LogP contribution in [0.1, 0.15) is 15.9 Å². The molecule has 2 aliphatic rings. The first kappa shape index (κ1) is 21.0. The number of aromatic hydroxyl groups is 2. The van der Waals surface area contributed by atoms with Gasteiger partial charge in [-0.25, -0.2) is 0 Å². The minimum atomic E-state index is -2.61. The van der Waals surface area contributed by atoms with Gasteiger partial charge in [0.2, 0.25) is 11.7 Å². The van der Waals surface area contributed by atoms with Gasteiger partial charge in [-0.3, -0.25) is 14.4 Å². The summed E-state index contributed by atoms with van der Waals surface area (Å²) >= 11 is 0. The summed E-state index contributed by atoms with van der Waals surface area (Å²) in [4.78, 5) is 39.5. The first-order valence-corrected chi connectivity index (χ1v) is 9.64. The number of hydrogen-bond acceptors (Lipinski definition) is 9. The van der Waals surface area contributed by atoms with Crippen molar-refractivity contribution in [2.75, 3.05) is 19.0 Å². The number of carbonyl (C=O) groups is 3. The molecule has 2 aromatic carbocycles. The Balaban J connectivity index is 2.01. The van der Waals surface area contributed by atoms with Gasteiger partial charge in [-0.05, 0) is 30.2 Å². The highest BCUT2D eigenvalue weighted by atomic mass is 16.4. The van der Waals surface area contributed by atoms with Crippen LogP contribution in [0.2, 0.25) is 0 Å². The molecule has 1 fully saturated rings. The SMILES string of the molecule is CN(C)c1ccc(O)c2c(O)c3c(cc12)CC1C(N)C(=O)C(C(N)=O)C(O)[C@@]1(O)C3=O. The molecule has 0 bridgehead atoms. The van der Waals surface area contributed by atoms with E-state index < -0.39 is 52.8 Å². The molecule has 0 radical (unpaired) electrons. The minimum Gasteiger partial charge on any atom is -0.507 e. The Kier molecular flexibility index (Phi) is 4.51. The van der Waals surface area contributed by atoms with Gasteiger partial charge in [0.05, 0.1) is 17.0 Å². The number of nitrogens with two attached hydrogens (primary N) is 2. The van der Waals surface area contributed by atoms with Crippen molar-refractivity contribution in [1.82, 2.24) is 0 Å². The van der Waals surface area contributed by atoms with E-state index >= 15 is 0 Å². The van der Waals surface area contributed by atoms with Crippen molar-refractivity contribution in [3.05, 3.63) is 29.3 Å². The van der Waals surface area contributed by atoms with Gasteiger partial charge in [0.15, 0.2) is 11.4 Å². The fourth-order valence-electron chi connectivity index (χ4n) is 4.95. The molecule has 0 heterocycles. The zero-order chi connectivity index (χ0) is 23.0. The van der Waals surface area contributed by atoms with Gasteiger partial charge in [-0.2, -0.15) is 0 Å². The third-order valence-corrected chi connectivity index (χ3v) is 6.53. The molecule has 0 saturated heterocycles. The number of primary amides is 1. The molecule has 4 unspecified atom stereocenters. The second kappa shape index (κ2) is 6.64. The average Bonchev–Trinajstić information content (AvgIpc) is 2.68. The topological polar surface area (TPSA) is 187 Å². The highest BCUT2D eigenvalue weighted by molar-refractivity contribution is 6.16. The number of Topliss-reactive ketones (excluding diaryl/α,β-unsaturated/α-hetero) is 2. The summed E-state index contributed by atoms with van der Waals surface area (Å²) in [7, 11) is 3.53. The summed E-state index contributed by atoms with van der Waals surface area (Å²) < 4.78 is 0. The number of hydrogen-bond donors (Lipinski definition) is 6. The Labute approximate surface area is 176 Å². The molecule has 2 aliphatic carbocycles. The summed E-state index contributed by atoms with van der Waals surface area (Å²) in [6.07, 6.45) is -2.25. The third-order valence-electron chi connectivity index (χ3n) is 6.53. The number of phenols is 2. The lowest BCUT2D eigenvalue weighted by atomic mass is 9.58. The van der Waals surface area contributed by atoms with Gasteiger partial charge in [-0.1, -0.05) is 0 Å². The van der Waals surface area contributed by atoms with Crippen LogP contribution in [0.25, 0.3) is 10.8 Å². The van der Waals surface area contributed by atoms with Gasteiger partial charge < -0.3 is 36.8 Å². The summed E-state index contributed by atoms with van der Waals surface area (Å²) in [5.74, 6) is -7.11. The summed E-state index contributed by atoms with van der Waals surface area (Å²) in [5.41, 5.74) is 9.24. The lowest BCUT2D eigenvalue weighted by Gasteiger charge is -2.49. The number of rotatable bonds is 2. The first-order chi connectivity index (χ1) is 14.4. The molecule has 1 saturated carbocycles. The number of anilines is 1. The summed E-state index contributed by atoms with van der Waals surface area (Å²) in [5, 5.41) is 43.7. The van der Waals surface area contributed by atoms with E-state index in [1.165, 1.54) is 6.07 Å². The van der Waals surface area contributed by atoms with Crippen LogP contribution in [0.3, 0.4) is 0 Å². The van der Waals surface area contributed by atoms with Crippen molar-refractivity contribution in [1.29, 1.82) is 0 Å². The van der Waals surface area contributed by atoms with E-state index in [9.17, 15) is 34.8 Å². The fourth-order valence-corrected chi connectivity index (χ4v) is 4.95. The predicted octanol–water partition coefficient (Wildman–Crippen LogP) is -1.22. The van der Waals surface area contributed by atoms with Crippen LogP contribution in [-0.2, 0) is 16.0 Å². The zero-order valence-electron chi connectivity index (χ0n) is 16.9. The molecule has 31 heavy (non-hydrogen) atoms. The quantitative estimate of drug-likeness (QED) is 0.318. The molecule has 10 nitrogen and oxygen atoms in total. The van der Waals surface area contributed by atoms with Crippen molar-refractivity contribution in [2.45, 2.75) is 24.2 Å². The Bertz CT molecular complexity index is 1160. The van der Waals surface area contributed by atoms with Crippen molar-refractivity contribution in [3.63, 3.8) is 0 Å². The third kappa shape index (κ3) is 2.59. The monoisotopic (exact) mass is 429 g/mol. The van der Waals surface area contributed by atoms with Gasteiger partial charge in [0.1, 0.15) is 23.5 Å². The number of aliphatic hydroxyl groups excluding tert-OH is 1. The molecule has 0 aliphatic heterocycles. The molecule has 4 rings (SSSR count). The lowest BCUT2D eigenvalue weighted by Crippen LogP contribution is -2.73. The van der Waals surface area contributed by atoms with E-state index in [4.69, 9.17) is 11.5 Å². The highest BCUT2D eigenvalue weighted by Gasteiger charge is 2.64. The summed E-state index contributed by atoms with van der Waals surface area (Å²) in [6, 6.07) is 3.16. The first-order valence-electron chi connectivity index (χ1n) is 9.64. The second-order valence-corrected chi connectivity index (χ2v) is 8.40. The molecule has 5 atom stereocenters. The average molecular weight is 429 g/mol. The highest BCUT2D eigenvalue weighted by Crippen LogP contribution is 2.49. The molecule has 2 aromatic rings. The number of aliphatic hydroxyl groups is 2. The number of ketones is 2. The molecule has 1 amide bonds. The lowest BCUT2D eigenvalue weighted by molar-refractivity contribution is -0.166. The van der Waals surface area contributed by atoms with Gasteiger partial charge >= 0.3 is 0 Å². The zero-order valence-corrected chi connectivity index (χ0v) is 16.9. The van der Waals surface area contributed by atoms with Crippen LogP contribution in [0, 0.1) is 11.8 Å². The number of carbonyl (C=O) groups excluding carboxylic acids is 3. The molecular weight excluding hydrogens is 406 g/mol. The van der Waals surface area contributed by atoms with E-state index in [1.807, 2.05) is 0 Å². The van der Waals surface area contributed by atoms with E-state index in [-0.39, 0.29) is 23.1 Å². The van der Waals surface area contributed by atoms with Crippen LogP contribution in [0.15, 0.2) is 18.2 Å². The van der Waals surface area contributed by atoms with Gasteiger partial charge in [0.25, 0.3) is 0 Å². The van der Waals surface area contributed by atoms with Crippen LogP contribution in [0.4, 0.5) is 5.69 Å².